The first-order valence-electron chi connectivity index (χ1n) is 8.48. The summed E-state index contributed by atoms with van der Waals surface area (Å²) in [5.74, 6) is 0. The van der Waals surface area contributed by atoms with E-state index in [0.29, 0.717) is 6.04 Å². The van der Waals surface area contributed by atoms with Crippen LogP contribution < -0.4 is 10.2 Å². The van der Waals surface area contributed by atoms with Crippen LogP contribution in [-0.4, -0.2) is 24.2 Å². The molecule has 1 aliphatic rings. The van der Waals surface area contributed by atoms with Crippen LogP contribution in [0.3, 0.4) is 0 Å². The number of nitrogens with zero attached hydrogens (tertiary/aromatic N) is 1. The number of anilines is 1. The van der Waals surface area contributed by atoms with Crippen LogP contribution in [0.1, 0.15) is 29.5 Å². The summed E-state index contributed by atoms with van der Waals surface area (Å²) in [4.78, 5) is 2.48. The van der Waals surface area contributed by atoms with Crippen molar-refractivity contribution >= 4 is 5.69 Å². The fraction of sp³-hybridized carbons (Fsp3) is 0.400. The smallest absolute Gasteiger partial charge is 0.0681 e. The van der Waals surface area contributed by atoms with Crippen molar-refractivity contribution in [1.82, 2.24) is 5.32 Å². The number of piperidine rings is 1. The van der Waals surface area contributed by atoms with E-state index < -0.39 is 0 Å². The van der Waals surface area contributed by atoms with Gasteiger partial charge >= 0.3 is 0 Å². The number of aryl methyl sites for hydroxylation is 1. The number of hydrogen-bond donors (Lipinski definition) is 2. The van der Waals surface area contributed by atoms with Crippen molar-refractivity contribution in [2.45, 2.75) is 39.0 Å². The summed E-state index contributed by atoms with van der Waals surface area (Å²) in [5.41, 5.74) is 4.90. The van der Waals surface area contributed by atoms with Crippen molar-refractivity contribution < 1.29 is 5.11 Å². The van der Waals surface area contributed by atoms with Gasteiger partial charge in [-0.15, -0.1) is 0 Å². The van der Waals surface area contributed by atoms with Gasteiger partial charge in [0.05, 0.1) is 6.61 Å². The first-order valence-corrected chi connectivity index (χ1v) is 8.48. The number of benzene rings is 2. The Balaban J connectivity index is 1.49. The summed E-state index contributed by atoms with van der Waals surface area (Å²) in [6.45, 7) is 5.36. The monoisotopic (exact) mass is 310 g/mol. The van der Waals surface area contributed by atoms with Gasteiger partial charge in [-0.2, -0.15) is 0 Å². The molecule has 0 spiro atoms. The summed E-state index contributed by atoms with van der Waals surface area (Å²) in [6.07, 6.45) is 2.35. The molecule has 122 valence electrons. The zero-order valence-electron chi connectivity index (χ0n) is 13.8. The Hall–Kier alpha value is -1.84. The van der Waals surface area contributed by atoms with E-state index in [2.05, 4.69) is 53.5 Å². The molecule has 3 nitrogen and oxygen atoms in total. The molecule has 0 radical (unpaired) electrons. The Morgan fingerprint density at radius 2 is 1.78 bits per heavy atom. The molecule has 3 rings (SSSR count). The van der Waals surface area contributed by atoms with Gasteiger partial charge in [0.15, 0.2) is 0 Å². The van der Waals surface area contributed by atoms with Crippen molar-refractivity contribution in [1.29, 1.82) is 0 Å². The molecule has 1 heterocycles. The number of rotatable bonds is 5. The molecule has 2 aromatic rings. The fourth-order valence-electron chi connectivity index (χ4n) is 3.27. The zero-order chi connectivity index (χ0) is 16.1. The SMILES string of the molecule is Cc1cccc(N2CCC(NCc3cccc(CO)c3)CC2)c1. The third-order valence-corrected chi connectivity index (χ3v) is 4.63. The molecule has 0 amide bonds. The second kappa shape index (κ2) is 7.62. The molecule has 1 fully saturated rings. The van der Waals surface area contributed by atoms with Gasteiger partial charge in [0.25, 0.3) is 0 Å². The summed E-state index contributed by atoms with van der Waals surface area (Å²) < 4.78 is 0. The van der Waals surface area contributed by atoms with Crippen LogP contribution in [0.25, 0.3) is 0 Å². The maximum Gasteiger partial charge on any atom is 0.0681 e. The van der Waals surface area contributed by atoms with Gasteiger partial charge < -0.3 is 15.3 Å². The molecular weight excluding hydrogens is 284 g/mol. The van der Waals surface area contributed by atoms with Crippen LogP contribution in [0.4, 0.5) is 5.69 Å². The predicted molar refractivity (Wildman–Crippen MR) is 95.6 cm³/mol. The lowest BCUT2D eigenvalue weighted by atomic mass is 10.0. The highest BCUT2D eigenvalue weighted by atomic mass is 16.3. The van der Waals surface area contributed by atoms with Crippen LogP contribution in [-0.2, 0) is 13.2 Å². The van der Waals surface area contributed by atoms with E-state index >= 15 is 0 Å². The van der Waals surface area contributed by atoms with Gasteiger partial charge in [-0.3, -0.25) is 0 Å². The highest BCUT2D eigenvalue weighted by Crippen LogP contribution is 2.21. The summed E-state index contributed by atoms with van der Waals surface area (Å²) in [6, 6.07) is 17.5. The maximum atomic E-state index is 9.21. The average molecular weight is 310 g/mol. The van der Waals surface area contributed by atoms with Gasteiger partial charge in [-0.1, -0.05) is 36.4 Å². The molecule has 0 unspecified atom stereocenters. The molecule has 3 heteroatoms. The lowest BCUT2D eigenvalue weighted by Gasteiger charge is -2.34. The molecule has 2 N–H and O–H groups in total. The highest BCUT2D eigenvalue weighted by Gasteiger charge is 2.18. The molecule has 0 saturated carbocycles. The van der Waals surface area contributed by atoms with E-state index in [1.54, 1.807) is 0 Å². The Morgan fingerprint density at radius 3 is 2.52 bits per heavy atom. The van der Waals surface area contributed by atoms with Crippen LogP contribution in [0.15, 0.2) is 48.5 Å². The number of hydrogen-bond acceptors (Lipinski definition) is 3. The third-order valence-electron chi connectivity index (χ3n) is 4.63. The first-order chi connectivity index (χ1) is 11.2. The van der Waals surface area contributed by atoms with Crippen molar-refractivity contribution in [2.24, 2.45) is 0 Å². The molecule has 0 bridgehead atoms. The van der Waals surface area contributed by atoms with Crippen LogP contribution in [0, 0.1) is 6.92 Å². The standard InChI is InChI=1S/C20H26N2O/c1-16-4-2-7-20(12-16)22-10-8-19(9-11-22)21-14-17-5-3-6-18(13-17)15-23/h2-7,12-13,19,21,23H,8-11,14-15H2,1H3. The molecule has 0 aromatic heterocycles. The molecule has 0 aliphatic carbocycles. The lowest BCUT2D eigenvalue weighted by molar-refractivity contribution is 0.281. The topological polar surface area (TPSA) is 35.5 Å². The van der Waals surface area contributed by atoms with E-state index in [1.807, 2.05) is 12.1 Å². The second-order valence-corrected chi connectivity index (χ2v) is 6.46. The van der Waals surface area contributed by atoms with Crippen molar-refractivity contribution in [3.8, 4) is 0 Å². The van der Waals surface area contributed by atoms with Gasteiger partial charge in [0.1, 0.15) is 0 Å². The molecular formula is C20H26N2O. The maximum absolute atomic E-state index is 9.21. The highest BCUT2D eigenvalue weighted by molar-refractivity contribution is 5.48. The minimum atomic E-state index is 0.114. The van der Waals surface area contributed by atoms with Gasteiger partial charge in [0.2, 0.25) is 0 Å². The van der Waals surface area contributed by atoms with Gasteiger partial charge in [-0.25, -0.2) is 0 Å². The number of aliphatic hydroxyl groups excluding tert-OH is 1. The predicted octanol–water partition coefficient (Wildman–Crippen LogP) is 3.25. The first kappa shape index (κ1) is 16.0. The Labute approximate surface area is 139 Å². The van der Waals surface area contributed by atoms with Crippen LogP contribution in [0.5, 0.6) is 0 Å². The van der Waals surface area contributed by atoms with Crippen LogP contribution >= 0.6 is 0 Å². The molecule has 23 heavy (non-hydrogen) atoms. The Bertz CT molecular complexity index is 633. The normalized spacial score (nSPS) is 15.8. The largest absolute Gasteiger partial charge is 0.392 e. The summed E-state index contributed by atoms with van der Waals surface area (Å²) in [5, 5.41) is 12.9. The average Bonchev–Trinajstić information content (AvgIpc) is 2.60. The zero-order valence-corrected chi connectivity index (χ0v) is 13.8. The van der Waals surface area contributed by atoms with Crippen molar-refractivity contribution in [2.75, 3.05) is 18.0 Å². The lowest BCUT2D eigenvalue weighted by Crippen LogP contribution is -2.42. The quantitative estimate of drug-likeness (QED) is 0.890. The van der Waals surface area contributed by atoms with E-state index in [1.165, 1.54) is 29.7 Å². The third kappa shape index (κ3) is 4.34. The fourth-order valence-corrected chi connectivity index (χ4v) is 3.27. The molecule has 1 aliphatic heterocycles. The molecule has 1 saturated heterocycles. The molecule has 0 atom stereocenters. The minimum Gasteiger partial charge on any atom is -0.392 e. The summed E-state index contributed by atoms with van der Waals surface area (Å²) >= 11 is 0. The minimum absolute atomic E-state index is 0.114. The number of aliphatic hydroxyl groups is 1. The molecule has 2 aromatic carbocycles. The van der Waals surface area contributed by atoms with Crippen molar-refractivity contribution in [3.05, 3.63) is 65.2 Å². The van der Waals surface area contributed by atoms with E-state index in [9.17, 15) is 5.11 Å². The Kier molecular flexibility index (Phi) is 5.31. The van der Waals surface area contributed by atoms with E-state index in [-0.39, 0.29) is 6.61 Å². The van der Waals surface area contributed by atoms with Gasteiger partial charge in [0, 0.05) is 31.4 Å². The van der Waals surface area contributed by atoms with E-state index in [4.69, 9.17) is 0 Å². The van der Waals surface area contributed by atoms with Gasteiger partial charge in [-0.05, 0) is 48.6 Å². The van der Waals surface area contributed by atoms with Crippen LogP contribution in [0.2, 0.25) is 0 Å². The second-order valence-electron chi connectivity index (χ2n) is 6.46. The Morgan fingerprint density at radius 1 is 1.04 bits per heavy atom. The van der Waals surface area contributed by atoms with E-state index in [0.717, 1.165) is 25.2 Å². The van der Waals surface area contributed by atoms with Crippen molar-refractivity contribution in [3.63, 3.8) is 0 Å². The summed E-state index contributed by atoms with van der Waals surface area (Å²) in [7, 11) is 0. The number of nitrogens with one attached hydrogen (secondary N) is 1.